The molecule has 2 saturated carbocycles. The molecule has 4 nitrogen and oxygen atoms in total. The number of hydrogen-bond acceptors (Lipinski definition) is 3. The van der Waals surface area contributed by atoms with Crippen molar-refractivity contribution in [2.75, 3.05) is 0 Å². The van der Waals surface area contributed by atoms with E-state index in [-0.39, 0.29) is 12.1 Å². The molecule has 2 aliphatic carbocycles. The second-order valence-corrected chi connectivity index (χ2v) is 9.16. The number of carbonyl (C=O) groups is 1. The van der Waals surface area contributed by atoms with Crippen LogP contribution < -0.4 is 10.6 Å². The van der Waals surface area contributed by atoms with E-state index in [2.05, 4.69) is 24.5 Å². The first kappa shape index (κ1) is 18.6. The fourth-order valence-electron chi connectivity index (χ4n) is 4.03. The molecule has 2 rings (SSSR count). The van der Waals surface area contributed by atoms with E-state index in [1.807, 2.05) is 20.8 Å². The number of nitrogens with one attached hydrogen (secondary N) is 2. The van der Waals surface area contributed by atoms with Crippen LogP contribution in [0.15, 0.2) is 0 Å². The summed E-state index contributed by atoms with van der Waals surface area (Å²) in [5.41, 5.74) is -0.0354. The van der Waals surface area contributed by atoms with Crippen molar-refractivity contribution in [1.82, 2.24) is 10.6 Å². The van der Waals surface area contributed by atoms with E-state index in [0.717, 1.165) is 12.8 Å². The van der Waals surface area contributed by atoms with Crippen molar-refractivity contribution in [2.24, 2.45) is 5.41 Å². The highest BCUT2D eigenvalue weighted by Gasteiger charge is 2.34. The van der Waals surface area contributed by atoms with Crippen LogP contribution in [0.2, 0.25) is 0 Å². The molecule has 0 aromatic rings. The van der Waals surface area contributed by atoms with Crippen LogP contribution in [0.1, 0.15) is 86.0 Å². The highest BCUT2D eigenvalue weighted by Crippen LogP contribution is 2.36. The lowest BCUT2D eigenvalue weighted by molar-refractivity contribution is 0.0483. The van der Waals surface area contributed by atoms with Gasteiger partial charge in [0, 0.05) is 18.1 Å². The summed E-state index contributed by atoms with van der Waals surface area (Å²) in [6.45, 7) is 10.5. The van der Waals surface area contributed by atoms with E-state index in [1.165, 1.54) is 38.5 Å². The number of rotatable bonds is 3. The zero-order chi connectivity index (χ0) is 17.1. The predicted octanol–water partition coefficient (Wildman–Crippen LogP) is 4.38. The van der Waals surface area contributed by atoms with Gasteiger partial charge in [-0.1, -0.05) is 26.7 Å². The summed E-state index contributed by atoms with van der Waals surface area (Å²) >= 11 is 0. The fourth-order valence-corrected chi connectivity index (χ4v) is 4.03. The zero-order valence-electron chi connectivity index (χ0n) is 15.7. The van der Waals surface area contributed by atoms with Crippen LogP contribution >= 0.6 is 0 Å². The van der Waals surface area contributed by atoms with Crippen molar-refractivity contribution in [3.63, 3.8) is 0 Å². The van der Waals surface area contributed by atoms with Gasteiger partial charge < -0.3 is 15.4 Å². The van der Waals surface area contributed by atoms with E-state index in [0.29, 0.717) is 17.5 Å². The lowest BCUT2D eigenvalue weighted by Gasteiger charge is -2.43. The molecule has 1 amide bonds. The Morgan fingerprint density at radius 2 is 1.74 bits per heavy atom. The maximum absolute atomic E-state index is 12.0. The number of ether oxygens (including phenoxy) is 1. The van der Waals surface area contributed by atoms with Gasteiger partial charge in [0.2, 0.25) is 0 Å². The van der Waals surface area contributed by atoms with Crippen molar-refractivity contribution in [1.29, 1.82) is 0 Å². The third kappa shape index (κ3) is 5.98. The second kappa shape index (κ2) is 7.42. The van der Waals surface area contributed by atoms with Crippen LogP contribution in [0.5, 0.6) is 0 Å². The Morgan fingerprint density at radius 1 is 1.04 bits per heavy atom. The summed E-state index contributed by atoms with van der Waals surface area (Å²) < 4.78 is 5.39. The van der Waals surface area contributed by atoms with Crippen LogP contribution in [0.25, 0.3) is 0 Å². The van der Waals surface area contributed by atoms with Crippen molar-refractivity contribution in [3.05, 3.63) is 0 Å². The lowest BCUT2D eigenvalue weighted by atomic mass is 9.72. The average Bonchev–Trinajstić information content (AvgIpc) is 2.39. The lowest BCUT2D eigenvalue weighted by Crippen LogP contribution is -2.52. The Bertz CT molecular complexity index is 401. The summed E-state index contributed by atoms with van der Waals surface area (Å²) in [5, 5.41) is 6.97. The van der Waals surface area contributed by atoms with Crippen LogP contribution in [0.3, 0.4) is 0 Å². The van der Waals surface area contributed by atoms with Gasteiger partial charge >= 0.3 is 6.09 Å². The normalized spacial score (nSPS) is 31.4. The first-order chi connectivity index (χ1) is 10.7. The molecule has 2 fully saturated rings. The molecule has 2 aliphatic rings. The monoisotopic (exact) mass is 324 g/mol. The van der Waals surface area contributed by atoms with Crippen molar-refractivity contribution in [2.45, 2.75) is 110 Å². The molecule has 0 spiro atoms. The topological polar surface area (TPSA) is 50.4 Å². The van der Waals surface area contributed by atoms with E-state index in [9.17, 15) is 4.79 Å². The zero-order valence-corrected chi connectivity index (χ0v) is 15.7. The largest absolute Gasteiger partial charge is 0.444 e. The molecule has 0 radical (unpaired) electrons. The Morgan fingerprint density at radius 3 is 2.39 bits per heavy atom. The molecular formula is C19H36N2O2. The number of amides is 1. The Kier molecular flexibility index (Phi) is 5.99. The predicted molar refractivity (Wildman–Crippen MR) is 94.6 cm³/mol. The molecule has 23 heavy (non-hydrogen) atoms. The quantitative estimate of drug-likeness (QED) is 0.810. The van der Waals surface area contributed by atoms with E-state index >= 15 is 0 Å². The maximum Gasteiger partial charge on any atom is 0.407 e. The first-order valence-electron chi connectivity index (χ1n) is 9.41. The standard InChI is InChI=1S/C19H36N2O2/c1-18(2,3)23-17(22)21-15-10-8-9-14(13-15)20-16-11-6-7-12-19(16,4)5/h14-16,20H,6-13H2,1-5H3,(H,21,22). The van der Waals surface area contributed by atoms with E-state index < -0.39 is 5.60 Å². The molecule has 0 saturated heterocycles. The Hall–Kier alpha value is -0.770. The number of carbonyl (C=O) groups excluding carboxylic acids is 1. The molecule has 0 bridgehead atoms. The van der Waals surface area contributed by atoms with Gasteiger partial charge in [-0.25, -0.2) is 4.79 Å². The maximum atomic E-state index is 12.0. The summed E-state index contributed by atoms with van der Waals surface area (Å²) in [6, 6.07) is 1.37. The SMILES string of the molecule is CC(C)(C)OC(=O)NC1CCCC(NC2CCCCC2(C)C)C1. The van der Waals surface area contributed by atoms with Crippen molar-refractivity contribution in [3.8, 4) is 0 Å². The van der Waals surface area contributed by atoms with E-state index in [4.69, 9.17) is 4.74 Å². The van der Waals surface area contributed by atoms with Gasteiger partial charge in [0.15, 0.2) is 0 Å². The molecule has 0 aliphatic heterocycles. The Labute approximate surface area is 142 Å². The van der Waals surface area contributed by atoms with Crippen molar-refractivity contribution >= 4 is 6.09 Å². The second-order valence-electron chi connectivity index (χ2n) is 9.16. The minimum atomic E-state index is -0.428. The smallest absolute Gasteiger partial charge is 0.407 e. The molecule has 0 aromatic heterocycles. The first-order valence-corrected chi connectivity index (χ1v) is 9.41. The molecule has 134 valence electrons. The summed E-state index contributed by atoms with van der Waals surface area (Å²) in [4.78, 5) is 12.0. The van der Waals surface area contributed by atoms with Crippen LogP contribution in [-0.4, -0.2) is 29.8 Å². The molecule has 3 atom stereocenters. The number of alkyl carbamates (subject to hydrolysis) is 1. The highest BCUT2D eigenvalue weighted by atomic mass is 16.6. The van der Waals surface area contributed by atoms with Gasteiger partial charge in [-0.05, 0) is 64.7 Å². The molecule has 2 N–H and O–H groups in total. The van der Waals surface area contributed by atoms with E-state index in [1.54, 1.807) is 0 Å². The molecular weight excluding hydrogens is 288 g/mol. The Balaban J connectivity index is 1.82. The van der Waals surface area contributed by atoms with Crippen LogP contribution in [0, 0.1) is 5.41 Å². The van der Waals surface area contributed by atoms with Crippen LogP contribution in [0.4, 0.5) is 4.79 Å². The third-order valence-corrected chi connectivity index (χ3v) is 5.34. The minimum absolute atomic E-state index is 0.239. The van der Waals surface area contributed by atoms with Gasteiger partial charge in [0.1, 0.15) is 5.60 Å². The molecule has 3 unspecified atom stereocenters. The minimum Gasteiger partial charge on any atom is -0.444 e. The third-order valence-electron chi connectivity index (χ3n) is 5.34. The number of hydrogen-bond donors (Lipinski definition) is 2. The van der Waals surface area contributed by atoms with Crippen LogP contribution in [-0.2, 0) is 4.74 Å². The summed E-state index contributed by atoms with van der Waals surface area (Å²) in [5.74, 6) is 0. The molecule has 0 heterocycles. The van der Waals surface area contributed by atoms with Crippen molar-refractivity contribution < 1.29 is 9.53 Å². The summed E-state index contributed by atoms with van der Waals surface area (Å²) in [6.07, 6.45) is 9.50. The molecule has 4 heteroatoms. The fraction of sp³-hybridized carbons (Fsp3) is 0.947. The highest BCUT2D eigenvalue weighted by molar-refractivity contribution is 5.68. The van der Waals surface area contributed by atoms with Gasteiger partial charge in [0.05, 0.1) is 0 Å². The summed E-state index contributed by atoms with van der Waals surface area (Å²) in [7, 11) is 0. The average molecular weight is 325 g/mol. The van der Waals surface area contributed by atoms with Gasteiger partial charge in [-0.15, -0.1) is 0 Å². The molecule has 0 aromatic carbocycles. The van der Waals surface area contributed by atoms with Gasteiger partial charge in [-0.3, -0.25) is 0 Å². The van der Waals surface area contributed by atoms with Gasteiger partial charge in [0.25, 0.3) is 0 Å². The van der Waals surface area contributed by atoms with Gasteiger partial charge in [-0.2, -0.15) is 0 Å².